The molecule has 0 saturated heterocycles. The summed E-state index contributed by atoms with van der Waals surface area (Å²) in [7, 11) is -3.01. The topological polar surface area (TPSA) is 82.9 Å². The number of pyridine rings is 1. The molecule has 0 spiro atoms. The molecule has 0 aromatic carbocycles. The van der Waals surface area contributed by atoms with Gasteiger partial charge in [-0.3, -0.25) is 0 Å². The fourth-order valence-electron chi connectivity index (χ4n) is 1.02. The van der Waals surface area contributed by atoms with Crippen LogP contribution in [0, 0.1) is 11.3 Å². The molecule has 5 nitrogen and oxygen atoms in total. The van der Waals surface area contributed by atoms with E-state index < -0.39 is 9.84 Å². The summed E-state index contributed by atoms with van der Waals surface area (Å²) in [6.07, 6.45) is 1.15. The molecule has 0 amide bonds. The number of nitrogens with zero attached hydrogens (tertiary/aromatic N) is 2. The number of aromatic nitrogens is 1. The second kappa shape index (κ2) is 5.14. The van der Waals surface area contributed by atoms with E-state index in [2.05, 4.69) is 10.3 Å². The Bertz CT molecular complexity index is 522. The maximum absolute atomic E-state index is 10.9. The summed E-state index contributed by atoms with van der Waals surface area (Å²) in [6, 6.07) is 4.87. The summed E-state index contributed by atoms with van der Waals surface area (Å²) in [5, 5.41) is 11.7. The molecule has 7 heteroatoms. The number of hydrogen-bond donors (Lipinski definition) is 1. The summed E-state index contributed by atoms with van der Waals surface area (Å²) >= 11 is 5.68. The Hall–Kier alpha value is -1.32. The van der Waals surface area contributed by atoms with Crippen LogP contribution in [0.25, 0.3) is 0 Å². The van der Waals surface area contributed by atoms with Crippen LogP contribution < -0.4 is 5.32 Å². The van der Waals surface area contributed by atoms with Gasteiger partial charge in [-0.25, -0.2) is 13.4 Å². The van der Waals surface area contributed by atoms with Crippen LogP contribution in [-0.2, 0) is 9.84 Å². The lowest BCUT2D eigenvalue weighted by molar-refractivity contribution is 0.602. The number of halogens is 1. The number of nitrogens with one attached hydrogen (secondary N) is 1. The molecule has 0 bridgehead atoms. The van der Waals surface area contributed by atoms with E-state index in [1.807, 2.05) is 6.07 Å². The number of rotatable bonds is 4. The van der Waals surface area contributed by atoms with Gasteiger partial charge in [0.2, 0.25) is 0 Å². The van der Waals surface area contributed by atoms with Crippen molar-refractivity contribution in [3.63, 3.8) is 0 Å². The number of anilines is 1. The van der Waals surface area contributed by atoms with Gasteiger partial charge in [0.1, 0.15) is 20.8 Å². The van der Waals surface area contributed by atoms with Crippen molar-refractivity contribution in [3.8, 4) is 6.07 Å². The summed E-state index contributed by atoms with van der Waals surface area (Å²) in [5.74, 6) is 0.399. The lowest BCUT2D eigenvalue weighted by Crippen LogP contribution is -2.14. The van der Waals surface area contributed by atoms with Crippen LogP contribution in [0.2, 0.25) is 5.15 Å². The van der Waals surface area contributed by atoms with E-state index >= 15 is 0 Å². The second-order valence-corrected chi connectivity index (χ2v) is 5.88. The van der Waals surface area contributed by atoms with Crippen molar-refractivity contribution in [3.05, 3.63) is 22.8 Å². The fraction of sp³-hybridized carbons (Fsp3) is 0.333. The number of sulfone groups is 1. The summed E-state index contributed by atoms with van der Waals surface area (Å²) < 4.78 is 21.7. The molecule has 1 rings (SSSR count). The lowest BCUT2D eigenvalue weighted by atomic mass is 10.3. The largest absolute Gasteiger partial charge is 0.369 e. The van der Waals surface area contributed by atoms with Crippen molar-refractivity contribution < 1.29 is 8.42 Å². The first-order valence-corrected chi connectivity index (χ1v) is 6.84. The van der Waals surface area contributed by atoms with E-state index in [0.29, 0.717) is 11.4 Å². The molecule has 1 aromatic rings. The third-order valence-electron chi connectivity index (χ3n) is 1.70. The highest BCUT2D eigenvalue weighted by atomic mass is 35.5. The van der Waals surface area contributed by atoms with Crippen molar-refractivity contribution in [1.29, 1.82) is 5.26 Å². The van der Waals surface area contributed by atoms with E-state index in [4.69, 9.17) is 16.9 Å². The van der Waals surface area contributed by atoms with Crippen molar-refractivity contribution in [2.75, 3.05) is 23.9 Å². The molecule has 86 valence electrons. The quantitative estimate of drug-likeness (QED) is 0.818. The molecule has 0 fully saturated rings. The van der Waals surface area contributed by atoms with E-state index in [0.717, 1.165) is 6.26 Å². The van der Waals surface area contributed by atoms with E-state index in [9.17, 15) is 8.42 Å². The Morgan fingerprint density at radius 3 is 2.81 bits per heavy atom. The normalized spacial score (nSPS) is 10.8. The summed E-state index contributed by atoms with van der Waals surface area (Å²) in [5.41, 5.74) is 0.377. The molecule has 0 unspecified atom stereocenters. The van der Waals surface area contributed by atoms with E-state index in [-0.39, 0.29) is 17.5 Å². The monoisotopic (exact) mass is 259 g/mol. The van der Waals surface area contributed by atoms with Gasteiger partial charge in [-0.1, -0.05) is 11.6 Å². The van der Waals surface area contributed by atoms with Crippen LogP contribution in [0.1, 0.15) is 5.56 Å². The van der Waals surface area contributed by atoms with Gasteiger partial charge in [0.05, 0.1) is 17.4 Å². The molecule has 0 aliphatic rings. The molecule has 0 radical (unpaired) electrons. The zero-order valence-corrected chi connectivity index (χ0v) is 10.1. The first-order chi connectivity index (χ1) is 7.40. The van der Waals surface area contributed by atoms with Gasteiger partial charge < -0.3 is 5.32 Å². The highest BCUT2D eigenvalue weighted by molar-refractivity contribution is 7.90. The first-order valence-electron chi connectivity index (χ1n) is 4.40. The van der Waals surface area contributed by atoms with Crippen LogP contribution in [0.15, 0.2) is 12.1 Å². The average Bonchev–Trinajstić information content (AvgIpc) is 2.14. The molecule has 1 N–H and O–H groups in total. The maximum Gasteiger partial charge on any atom is 0.149 e. The molecular weight excluding hydrogens is 250 g/mol. The van der Waals surface area contributed by atoms with Gasteiger partial charge in [0.25, 0.3) is 0 Å². The minimum absolute atomic E-state index is 0.00306. The zero-order valence-electron chi connectivity index (χ0n) is 8.57. The third-order valence-corrected chi connectivity index (χ3v) is 2.84. The standard InChI is InChI=1S/C9H10ClN3O2S/c1-16(14,15)3-2-12-9-5-7(6-11)4-8(10)13-9/h4-5H,2-3H2,1H3,(H,12,13). The maximum atomic E-state index is 10.9. The van der Waals surface area contributed by atoms with Crippen LogP contribution in [0.4, 0.5) is 5.82 Å². The molecule has 1 aromatic heterocycles. The number of hydrogen-bond acceptors (Lipinski definition) is 5. The first kappa shape index (κ1) is 12.7. The van der Waals surface area contributed by atoms with E-state index in [1.54, 1.807) is 0 Å². The Morgan fingerprint density at radius 1 is 1.56 bits per heavy atom. The molecule has 0 aliphatic heterocycles. The highest BCUT2D eigenvalue weighted by Crippen LogP contribution is 2.13. The van der Waals surface area contributed by atoms with Gasteiger partial charge in [-0.2, -0.15) is 5.26 Å². The van der Waals surface area contributed by atoms with Gasteiger partial charge >= 0.3 is 0 Å². The average molecular weight is 260 g/mol. The Kier molecular flexibility index (Phi) is 4.10. The van der Waals surface area contributed by atoms with Crippen LogP contribution in [0.5, 0.6) is 0 Å². The van der Waals surface area contributed by atoms with Crippen molar-refractivity contribution >= 4 is 27.3 Å². The number of nitriles is 1. The SMILES string of the molecule is CS(=O)(=O)CCNc1cc(C#N)cc(Cl)n1. The predicted octanol–water partition coefficient (Wildman–Crippen LogP) is 1.06. The molecule has 0 saturated carbocycles. The Labute approximate surface area is 99.0 Å². The molecule has 1 heterocycles. The predicted molar refractivity (Wildman–Crippen MR) is 62.2 cm³/mol. The van der Waals surface area contributed by atoms with Gasteiger partial charge in [0.15, 0.2) is 0 Å². The van der Waals surface area contributed by atoms with Crippen LogP contribution >= 0.6 is 11.6 Å². The molecule has 0 aliphatic carbocycles. The van der Waals surface area contributed by atoms with Crippen LogP contribution in [0.3, 0.4) is 0 Å². The smallest absolute Gasteiger partial charge is 0.149 e. The zero-order chi connectivity index (χ0) is 12.2. The lowest BCUT2D eigenvalue weighted by Gasteiger charge is -2.05. The minimum atomic E-state index is -3.01. The Morgan fingerprint density at radius 2 is 2.25 bits per heavy atom. The molecule has 0 atom stereocenters. The fourth-order valence-corrected chi connectivity index (χ4v) is 1.70. The third kappa shape index (κ3) is 4.47. The van der Waals surface area contributed by atoms with Crippen LogP contribution in [-0.4, -0.2) is 32.0 Å². The van der Waals surface area contributed by atoms with Gasteiger partial charge in [0, 0.05) is 12.8 Å². The second-order valence-electron chi connectivity index (χ2n) is 3.23. The van der Waals surface area contributed by atoms with Gasteiger partial charge in [-0.05, 0) is 12.1 Å². The molecular formula is C9H10ClN3O2S. The van der Waals surface area contributed by atoms with Gasteiger partial charge in [-0.15, -0.1) is 0 Å². The minimum Gasteiger partial charge on any atom is -0.369 e. The summed E-state index contributed by atoms with van der Waals surface area (Å²) in [6.45, 7) is 0.233. The van der Waals surface area contributed by atoms with E-state index in [1.165, 1.54) is 12.1 Å². The van der Waals surface area contributed by atoms with Crippen molar-refractivity contribution in [2.45, 2.75) is 0 Å². The molecule has 16 heavy (non-hydrogen) atoms. The summed E-state index contributed by atoms with van der Waals surface area (Å²) in [4.78, 5) is 3.91. The highest BCUT2D eigenvalue weighted by Gasteiger charge is 2.03. The van der Waals surface area contributed by atoms with Crippen molar-refractivity contribution in [1.82, 2.24) is 4.98 Å². The van der Waals surface area contributed by atoms with Crippen molar-refractivity contribution in [2.24, 2.45) is 0 Å². The Balaban J connectivity index is 2.68.